The zero-order valence-corrected chi connectivity index (χ0v) is 23.6. The molecular formula is C30H28F3N5O2S. The van der Waals surface area contributed by atoms with Crippen LogP contribution in [0.4, 0.5) is 24.5 Å². The lowest BCUT2D eigenvalue weighted by Crippen LogP contribution is -2.29. The van der Waals surface area contributed by atoms with Crippen LogP contribution in [0.3, 0.4) is 0 Å². The van der Waals surface area contributed by atoms with Crippen LogP contribution in [0.25, 0.3) is 5.69 Å². The Balaban J connectivity index is 1.68. The molecule has 2 aromatic carbocycles. The van der Waals surface area contributed by atoms with Gasteiger partial charge in [-0.05, 0) is 86.2 Å². The minimum absolute atomic E-state index is 0.255. The Kier molecular flexibility index (Phi) is 7.48. The highest BCUT2D eigenvalue weighted by Crippen LogP contribution is 2.45. The standard InChI is InChI=1S/C30H28F3N5O2S/c1-17-14-23(18(2)37(17)21-9-7-8-20(15-21)30(31,32)33)28-27(24-10-5-6-13-34-24)36-29(41)38(28)22-11-12-26(40-4)25(16-22)35-19(3)39/h5-16,27-28H,1-4H3,(H,35,39)(H,36,41)/t27-,28+/m0/s1. The maximum Gasteiger partial charge on any atom is 0.416 e. The zero-order chi connectivity index (χ0) is 29.5. The van der Waals surface area contributed by atoms with Gasteiger partial charge in [0.2, 0.25) is 5.91 Å². The maximum absolute atomic E-state index is 13.5. The number of anilines is 2. The number of methoxy groups -OCH3 is 1. The van der Waals surface area contributed by atoms with Gasteiger partial charge in [-0.2, -0.15) is 13.2 Å². The molecule has 2 N–H and O–H groups in total. The van der Waals surface area contributed by atoms with Gasteiger partial charge >= 0.3 is 6.18 Å². The number of pyridine rings is 1. The van der Waals surface area contributed by atoms with Crippen LogP contribution in [0.5, 0.6) is 5.75 Å². The first-order valence-electron chi connectivity index (χ1n) is 12.8. The molecule has 0 aliphatic carbocycles. The van der Waals surface area contributed by atoms with Gasteiger partial charge in [-0.25, -0.2) is 0 Å². The van der Waals surface area contributed by atoms with E-state index in [0.717, 1.165) is 34.8 Å². The number of rotatable bonds is 6. The van der Waals surface area contributed by atoms with Gasteiger partial charge in [-0.15, -0.1) is 0 Å². The van der Waals surface area contributed by atoms with Crippen LogP contribution in [0, 0.1) is 13.8 Å². The molecule has 2 aromatic heterocycles. The van der Waals surface area contributed by atoms with Crippen molar-refractivity contribution < 1.29 is 22.7 Å². The second-order valence-corrected chi connectivity index (χ2v) is 10.2. The summed E-state index contributed by atoms with van der Waals surface area (Å²) in [6, 6.07) is 17.5. The van der Waals surface area contributed by atoms with Crippen molar-refractivity contribution in [2.24, 2.45) is 0 Å². The van der Waals surface area contributed by atoms with Gasteiger partial charge < -0.3 is 24.8 Å². The normalized spacial score (nSPS) is 17.0. The smallest absolute Gasteiger partial charge is 0.416 e. The van der Waals surface area contributed by atoms with Crippen molar-refractivity contribution in [3.05, 3.63) is 101 Å². The fourth-order valence-electron chi connectivity index (χ4n) is 5.39. The molecule has 1 fully saturated rings. The lowest BCUT2D eigenvalue weighted by molar-refractivity contribution is -0.137. The van der Waals surface area contributed by atoms with E-state index in [0.29, 0.717) is 27.9 Å². The van der Waals surface area contributed by atoms with Crippen molar-refractivity contribution in [3.8, 4) is 11.4 Å². The van der Waals surface area contributed by atoms with Crippen molar-refractivity contribution in [3.63, 3.8) is 0 Å². The van der Waals surface area contributed by atoms with Crippen LogP contribution in [-0.2, 0) is 11.0 Å². The number of ether oxygens (including phenoxy) is 1. The average molecular weight is 580 g/mol. The average Bonchev–Trinajstić information content (AvgIpc) is 3.43. The number of carbonyl (C=O) groups excluding carboxylic acids is 1. The molecule has 0 unspecified atom stereocenters. The molecule has 11 heteroatoms. The molecular weight excluding hydrogens is 551 g/mol. The Morgan fingerprint density at radius 2 is 1.83 bits per heavy atom. The quantitative estimate of drug-likeness (QED) is 0.249. The Bertz CT molecular complexity index is 1620. The van der Waals surface area contributed by atoms with Gasteiger partial charge in [0.1, 0.15) is 5.75 Å². The summed E-state index contributed by atoms with van der Waals surface area (Å²) in [6.45, 7) is 5.16. The first kappa shape index (κ1) is 28.2. The van der Waals surface area contributed by atoms with E-state index >= 15 is 0 Å². The molecule has 1 aliphatic rings. The molecule has 0 bridgehead atoms. The summed E-state index contributed by atoms with van der Waals surface area (Å²) in [4.78, 5) is 18.4. The highest BCUT2D eigenvalue weighted by molar-refractivity contribution is 7.80. The second-order valence-electron chi connectivity index (χ2n) is 9.77. The molecule has 5 rings (SSSR count). The number of halogens is 3. The van der Waals surface area contributed by atoms with Gasteiger partial charge in [-0.3, -0.25) is 9.78 Å². The Labute approximate surface area is 241 Å². The summed E-state index contributed by atoms with van der Waals surface area (Å²) >= 11 is 5.84. The van der Waals surface area contributed by atoms with Crippen LogP contribution in [0.2, 0.25) is 0 Å². The van der Waals surface area contributed by atoms with Gasteiger partial charge in [0, 0.05) is 35.9 Å². The van der Waals surface area contributed by atoms with Crippen LogP contribution in [-0.4, -0.2) is 27.7 Å². The molecule has 4 aromatic rings. The van der Waals surface area contributed by atoms with Crippen molar-refractivity contribution in [2.75, 3.05) is 17.3 Å². The van der Waals surface area contributed by atoms with Gasteiger partial charge in [-0.1, -0.05) is 12.1 Å². The van der Waals surface area contributed by atoms with E-state index < -0.39 is 17.8 Å². The number of alkyl halides is 3. The molecule has 212 valence electrons. The first-order chi connectivity index (χ1) is 19.5. The monoisotopic (exact) mass is 579 g/mol. The Morgan fingerprint density at radius 3 is 2.49 bits per heavy atom. The molecule has 0 radical (unpaired) electrons. The number of aromatic nitrogens is 2. The van der Waals surface area contributed by atoms with E-state index in [-0.39, 0.29) is 11.9 Å². The number of amides is 1. The van der Waals surface area contributed by atoms with E-state index in [1.165, 1.54) is 20.1 Å². The van der Waals surface area contributed by atoms with Crippen molar-refractivity contribution in [1.29, 1.82) is 0 Å². The van der Waals surface area contributed by atoms with Crippen molar-refractivity contribution in [1.82, 2.24) is 14.9 Å². The number of benzene rings is 2. The topological polar surface area (TPSA) is 71.4 Å². The third-order valence-corrected chi connectivity index (χ3v) is 7.41. The maximum atomic E-state index is 13.5. The van der Waals surface area contributed by atoms with Crippen LogP contribution < -0.4 is 20.3 Å². The van der Waals surface area contributed by atoms with Gasteiger partial charge in [0.25, 0.3) is 0 Å². The minimum atomic E-state index is -4.46. The van der Waals surface area contributed by atoms with Crippen molar-refractivity contribution in [2.45, 2.75) is 39.0 Å². The molecule has 3 heterocycles. The van der Waals surface area contributed by atoms with E-state index in [1.54, 1.807) is 24.4 Å². The van der Waals surface area contributed by atoms with E-state index in [4.69, 9.17) is 17.0 Å². The minimum Gasteiger partial charge on any atom is -0.495 e. The molecule has 41 heavy (non-hydrogen) atoms. The molecule has 0 spiro atoms. The van der Waals surface area contributed by atoms with Crippen LogP contribution >= 0.6 is 12.2 Å². The van der Waals surface area contributed by atoms with Crippen molar-refractivity contribution >= 4 is 34.6 Å². The number of hydrogen-bond acceptors (Lipinski definition) is 4. The number of carbonyl (C=O) groups is 1. The Hall–Kier alpha value is -4.38. The highest BCUT2D eigenvalue weighted by Gasteiger charge is 2.42. The highest BCUT2D eigenvalue weighted by atomic mass is 32.1. The van der Waals surface area contributed by atoms with Crippen LogP contribution in [0.1, 0.15) is 47.2 Å². The summed E-state index contributed by atoms with van der Waals surface area (Å²) < 4.78 is 47.9. The summed E-state index contributed by atoms with van der Waals surface area (Å²) in [5, 5.41) is 6.64. The Morgan fingerprint density at radius 1 is 1.05 bits per heavy atom. The van der Waals surface area contributed by atoms with E-state index in [1.807, 2.05) is 53.6 Å². The number of nitrogens with one attached hydrogen (secondary N) is 2. The first-order valence-corrected chi connectivity index (χ1v) is 13.2. The molecule has 1 aliphatic heterocycles. The summed E-state index contributed by atoms with van der Waals surface area (Å²) in [5.41, 5.74) is 4.01. The number of thiocarbonyl (C=S) groups is 1. The van der Waals surface area contributed by atoms with Crippen LogP contribution in [0.15, 0.2) is 72.9 Å². The van der Waals surface area contributed by atoms with Gasteiger partial charge in [0.15, 0.2) is 5.11 Å². The fourth-order valence-corrected chi connectivity index (χ4v) is 5.73. The second kappa shape index (κ2) is 10.9. The zero-order valence-electron chi connectivity index (χ0n) is 22.8. The largest absolute Gasteiger partial charge is 0.495 e. The lowest BCUT2D eigenvalue weighted by Gasteiger charge is -2.29. The number of nitrogens with zero attached hydrogens (tertiary/aromatic N) is 3. The number of aryl methyl sites for hydroxylation is 1. The molecule has 1 saturated heterocycles. The van der Waals surface area contributed by atoms with Gasteiger partial charge in [0.05, 0.1) is 36.1 Å². The number of hydrogen-bond donors (Lipinski definition) is 2. The molecule has 7 nitrogen and oxygen atoms in total. The molecule has 0 saturated carbocycles. The summed E-state index contributed by atoms with van der Waals surface area (Å²) in [5.74, 6) is 0.234. The van der Waals surface area contributed by atoms with E-state index in [9.17, 15) is 18.0 Å². The predicted molar refractivity (Wildman–Crippen MR) is 155 cm³/mol. The predicted octanol–water partition coefficient (Wildman–Crippen LogP) is 6.65. The van der Waals surface area contributed by atoms with E-state index in [2.05, 4.69) is 15.6 Å². The fraction of sp³-hybridized carbons (Fsp3) is 0.233. The molecule has 2 atom stereocenters. The summed E-state index contributed by atoms with van der Waals surface area (Å²) in [7, 11) is 1.52. The third-order valence-electron chi connectivity index (χ3n) is 7.09. The summed E-state index contributed by atoms with van der Waals surface area (Å²) in [6.07, 6.45) is -2.76. The SMILES string of the molecule is COc1ccc(N2C(=S)N[C@@H](c3ccccn3)[C@H]2c2cc(C)n(-c3cccc(C(F)(F)F)c3)c2C)cc1NC(C)=O. The lowest BCUT2D eigenvalue weighted by atomic mass is 9.96. The molecule has 1 amide bonds. The third kappa shape index (κ3) is 5.37.